The van der Waals surface area contributed by atoms with Gasteiger partial charge in [-0.05, 0) is 53.8 Å². The number of rotatable bonds is 9. The zero-order valence-corrected chi connectivity index (χ0v) is 22.3. The molecule has 0 radical (unpaired) electrons. The molecule has 6 rings (SSSR count). The minimum absolute atomic E-state index is 0.198. The molecule has 0 spiro atoms. The van der Waals surface area contributed by atoms with Crippen molar-refractivity contribution in [2.75, 3.05) is 6.61 Å². The average Bonchev–Trinajstić information content (AvgIpc) is 3.50. The maximum atomic E-state index is 6.85. The normalized spacial score (nSPS) is 13.2. The summed E-state index contributed by atoms with van der Waals surface area (Å²) < 4.78 is 15.3. The van der Waals surface area contributed by atoms with Gasteiger partial charge in [-0.3, -0.25) is 0 Å². The number of imidazole rings is 1. The lowest BCUT2D eigenvalue weighted by Gasteiger charge is -2.27. The van der Waals surface area contributed by atoms with Crippen LogP contribution >= 0.6 is 11.6 Å². The number of aromatic nitrogens is 2. The molecule has 5 aromatic rings. The van der Waals surface area contributed by atoms with Gasteiger partial charge in [0.1, 0.15) is 24.2 Å². The van der Waals surface area contributed by atoms with E-state index in [0.29, 0.717) is 13.2 Å². The lowest BCUT2D eigenvalue weighted by molar-refractivity contribution is 0.180. The molecule has 0 saturated heterocycles. The second kappa shape index (κ2) is 11.6. The molecule has 1 atom stereocenters. The number of halogens is 1. The van der Waals surface area contributed by atoms with Crippen molar-refractivity contribution in [1.82, 2.24) is 9.55 Å². The monoisotopic (exact) mass is 532 g/mol. The standard InChI is InChI=1S/C34H29ClN2O2/c35-31-14-8-7-13-28(31)27-19-22-38-34-29(27)17-18-32(30(34)16-15-25-9-3-1-4-10-25)39-33(23-37-21-20-36-24-37)26-11-5-2-6-12-26/h1-14,17-21,24,33H,15-16,22-23H2. The van der Waals surface area contributed by atoms with Crippen LogP contribution < -0.4 is 9.47 Å². The number of ether oxygens (including phenoxy) is 2. The van der Waals surface area contributed by atoms with Gasteiger partial charge in [-0.25, -0.2) is 4.98 Å². The van der Waals surface area contributed by atoms with Crippen LogP contribution in [0.1, 0.15) is 33.9 Å². The summed E-state index contributed by atoms with van der Waals surface area (Å²) in [5, 5.41) is 0.729. The van der Waals surface area contributed by atoms with Gasteiger partial charge in [-0.15, -0.1) is 0 Å². The summed E-state index contributed by atoms with van der Waals surface area (Å²) in [6, 6.07) is 33.0. The second-order valence-corrected chi connectivity index (χ2v) is 10.00. The van der Waals surface area contributed by atoms with Gasteiger partial charge < -0.3 is 14.0 Å². The summed E-state index contributed by atoms with van der Waals surface area (Å²) in [6.45, 7) is 1.12. The van der Waals surface area contributed by atoms with E-state index in [1.54, 1.807) is 6.20 Å². The van der Waals surface area contributed by atoms with Gasteiger partial charge in [-0.1, -0.05) is 90.5 Å². The Balaban J connectivity index is 1.41. The van der Waals surface area contributed by atoms with E-state index in [4.69, 9.17) is 21.1 Å². The minimum atomic E-state index is -0.198. The number of fused-ring (bicyclic) bond motifs is 1. The van der Waals surface area contributed by atoms with E-state index in [-0.39, 0.29) is 6.10 Å². The van der Waals surface area contributed by atoms with Crippen LogP contribution in [0.15, 0.2) is 122 Å². The van der Waals surface area contributed by atoms with E-state index in [1.165, 1.54) is 5.56 Å². The molecule has 194 valence electrons. The Morgan fingerprint density at radius 3 is 2.38 bits per heavy atom. The molecule has 1 aliphatic rings. The van der Waals surface area contributed by atoms with E-state index < -0.39 is 0 Å². The molecule has 2 heterocycles. The summed E-state index contributed by atoms with van der Waals surface area (Å²) in [6.07, 6.45) is 9.15. The highest BCUT2D eigenvalue weighted by Gasteiger charge is 2.25. The molecular formula is C34H29ClN2O2. The van der Waals surface area contributed by atoms with E-state index in [1.807, 2.05) is 55.0 Å². The van der Waals surface area contributed by atoms with Crippen LogP contribution in [0.5, 0.6) is 11.5 Å². The van der Waals surface area contributed by atoms with Crippen LogP contribution in [0.3, 0.4) is 0 Å². The maximum Gasteiger partial charge on any atom is 0.142 e. The van der Waals surface area contributed by atoms with Gasteiger partial charge in [0.05, 0.1) is 12.9 Å². The van der Waals surface area contributed by atoms with Crippen molar-refractivity contribution >= 4 is 17.2 Å². The molecule has 0 bridgehead atoms. The number of hydrogen-bond acceptors (Lipinski definition) is 3. The zero-order chi connectivity index (χ0) is 26.4. The summed E-state index contributed by atoms with van der Waals surface area (Å²) in [5.74, 6) is 1.70. The third-order valence-corrected chi connectivity index (χ3v) is 7.40. The minimum Gasteiger partial charge on any atom is -0.488 e. The average molecular weight is 533 g/mol. The quantitative estimate of drug-likeness (QED) is 0.193. The molecule has 0 amide bonds. The Morgan fingerprint density at radius 2 is 1.62 bits per heavy atom. The Hall–Kier alpha value is -4.28. The van der Waals surface area contributed by atoms with Gasteiger partial charge >= 0.3 is 0 Å². The number of benzene rings is 4. The van der Waals surface area contributed by atoms with E-state index in [9.17, 15) is 0 Å². The van der Waals surface area contributed by atoms with E-state index >= 15 is 0 Å². The summed E-state index contributed by atoms with van der Waals surface area (Å²) >= 11 is 6.63. The molecule has 39 heavy (non-hydrogen) atoms. The predicted molar refractivity (Wildman–Crippen MR) is 156 cm³/mol. The Kier molecular flexibility index (Phi) is 7.46. The summed E-state index contributed by atoms with van der Waals surface area (Å²) in [5.41, 5.74) is 6.59. The molecular weight excluding hydrogens is 504 g/mol. The van der Waals surface area contributed by atoms with Crippen molar-refractivity contribution in [3.63, 3.8) is 0 Å². The number of aryl methyl sites for hydroxylation is 1. The molecule has 1 unspecified atom stereocenters. The smallest absolute Gasteiger partial charge is 0.142 e. The molecule has 1 aromatic heterocycles. The van der Waals surface area contributed by atoms with Crippen LogP contribution in [-0.2, 0) is 19.4 Å². The molecule has 1 aliphatic heterocycles. The van der Waals surface area contributed by atoms with E-state index in [2.05, 4.69) is 70.2 Å². The SMILES string of the molecule is Clc1ccccc1C1=CCOc2c1ccc(OC(Cn1ccnc1)c1ccccc1)c2CCc1ccccc1. The van der Waals surface area contributed by atoms with Gasteiger partial charge in [0, 0.05) is 34.1 Å². The van der Waals surface area contributed by atoms with Crippen molar-refractivity contribution in [3.8, 4) is 11.5 Å². The fourth-order valence-electron chi connectivity index (χ4n) is 5.12. The van der Waals surface area contributed by atoms with Crippen molar-refractivity contribution < 1.29 is 9.47 Å². The lowest BCUT2D eigenvalue weighted by atomic mass is 9.91. The van der Waals surface area contributed by atoms with Crippen molar-refractivity contribution in [1.29, 1.82) is 0 Å². The molecule has 5 heteroatoms. The van der Waals surface area contributed by atoms with Crippen LogP contribution in [0, 0.1) is 0 Å². The van der Waals surface area contributed by atoms with Gasteiger partial charge in [0.25, 0.3) is 0 Å². The topological polar surface area (TPSA) is 36.3 Å². The Labute approximate surface area is 234 Å². The van der Waals surface area contributed by atoms with Crippen LogP contribution in [0.4, 0.5) is 0 Å². The first kappa shape index (κ1) is 25.0. The van der Waals surface area contributed by atoms with Gasteiger partial charge in [0.2, 0.25) is 0 Å². The van der Waals surface area contributed by atoms with Gasteiger partial charge in [0.15, 0.2) is 0 Å². The third kappa shape index (κ3) is 5.62. The lowest BCUT2D eigenvalue weighted by Crippen LogP contribution is -2.17. The largest absolute Gasteiger partial charge is 0.488 e. The molecule has 4 nitrogen and oxygen atoms in total. The van der Waals surface area contributed by atoms with E-state index in [0.717, 1.165) is 57.2 Å². The van der Waals surface area contributed by atoms with Crippen molar-refractivity contribution in [3.05, 3.63) is 155 Å². The van der Waals surface area contributed by atoms with Crippen molar-refractivity contribution in [2.45, 2.75) is 25.5 Å². The summed E-state index contributed by atoms with van der Waals surface area (Å²) in [4.78, 5) is 4.23. The molecule has 0 saturated carbocycles. The predicted octanol–water partition coefficient (Wildman–Crippen LogP) is 7.97. The second-order valence-electron chi connectivity index (χ2n) is 9.59. The first-order valence-corrected chi connectivity index (χ1v) is 13.6. The zero-order valence-electron chi connectivity index (χ0n) is 21.5. The number of hydrogen-bond donors (Lipinski definition) is 0. The molecule has 0 N–H and O–H groups in total. The maximum absolute atomic E-state index is 6.85. The highest BCUT2D eigenvalue weighted by Crippen LogP contribution is 2.43. The van der Waals surface area contributed by atoms with Gasteiger partial charge in [-0.2, -0.15) is 0 Å². The van der Waals surface area contributed by atoms with Crippen molar-refractivity contribution in [2.24, 2.45) is 0 Å². The highest BCUT2D eigenvalue weighted by atomic mass is 35.5. The van der Waals surface area contributed by atoms with Crippen LogP contribution in [-0.4, -0.2) is 16.2 Å². The molecule has 4 aromatic carbocycles. The Morgan fingerprint density at radius 1 is 0.846 bits per heavy atom. The highest BCUT2D eigenvalue weighted by molar-refractivity contribution is 6.32. The summed E-state index contributed by atoms with van der Waals surface area (Å²) in [7, 11) is 0. The third-order valence-electron chi connectivity index (χ3n) is 7.07. The first-order valence-electron chi connectivity index (χ1n) is 13.2. The van der Waals surface area contributed by atoms with Crippen LogP contribution in [0.25, 0.3) is 5.57 Å². The molecule has 0 fully saturated rings. The molecule has 0 aliphatic carbocycles. The Bertz CT molecular complexity index is 1560. The fourth-order valence-corrected chi connectivity index (χ4v) is 5.36. The first-order chi connectivity index (χ1) is 19.3. The van der Waals surface area contributed by atoms with Crippen LogP contribution in [0.2, 0.25) is 5.02 Å². The number of nitrogens with zero attached hydrogens (tertiary/aromatic N) is 2. The fraction of sp³-hybridized carbons (Fsp3) is 0.147.